The number of halogens is 4. The molecule has 0 bridgehead atoms. The van der Waals surface area contributed by atoms with Crippen LogP contribution in [0.5, 0.6) is 0 Å². The normalized spacial score (nSPS) is 12.4. The molecule has 0 spiro atoms. The predicted molar refractivity (Wildman–Crippen MR) is 86.1 cm³/mol. The summed E-state index contributed by atoms with van der Waals surface area (Å²) in [5.41, 5.74) is 1.91. The predicted octanol–water partition coefficient (Wildman–Crippen LogP) is 5.40. The first-order valence-electron chi connectivity index (χ1n) is 6.07. The monoisotopic (exact) mass is 375 g/mol. The van der Waals surface area contributed by atoms with Gasteiger partial charge in [-0.25, -0.2) is 4.39 Å². The van der Waals surface area contributed by atoms with Crippen LogP contribution in [-0.2, 0) is 6.42 Å². The lowest BCUT2D eigenvalue weighted by atomic mass is 9.99. The van der Waals surface area contributed by atoms with Gasteiger partial charge in [0.1, 0.15) is 5.82 Å². The van der Waals surface area contributed by atoms with E-state index in [9.17, 15) is 4.39 Å². The van der Waals surface area contributed by atoms with E-state index in [-0.39, 0.29) is 11.9 Å². The number of hydrogen-bond donors (Lipinski definition) is 1. The zero-order valence-corrected chi connectivity index (χ0v) is 13.9. The van der Waals surface area contributed by atoms with Gasteiger partial charge in [-0.05, 0) is 54.9 Å². The standard InChI is InChI=1S/C15H13BrCl2FN/c1-20-15(9-2-5-13(17)14(18)7-9)8-10-6-11(19)3-4-12(10)16/h2-7,15,20H,8H2,1H3. The van der Waals surface area contributed by atoms with E-state index in [1.54, 1.807) is 12.1 Å². The Balaban J connectivity index is 2.28. The molecule has 1 unspecified atom stereocenters. The first-order chi connectivity index (χ1) is 9.51. The molecular weight excluding hydrogens is 364 g/mol. The Bertz CT molecular complexity index is 619. The van der Waals surface area contributed by atoms with Crippen LogP contribution in [-0.4, -0.2) is 7.05 Å². The maximum absolute atomic E-state index is 13.3. The Morgan fingerprint density at radius 1 is 1.15 bits per heavy atom. The minimum Gasteiger partial charge on any atom is -0.313 e. The van der Waals surface area contributed by atoms with Crippen molar-refractivity contribution >= 4 is 39.1 Å². The molecule has 2 aromatic rings. The molecule has 0 radical (unpaired) electrons. The summed E-state index contributed by atoms with van der Waals surface area (Å²) in [6.45, 7) is 0. The summed E-state index contributed by atoms with van der Waals surface area (Å²) in [7, 11) is 1.86. The summed E-state index contributed by atoms with van der Waals surface area (Å²) < 4.78 is 14.2. The average Bonchev–Trinajstić information content (AvgIpc) is 2.43. The second-order valence-corrected chi connectivity index (χ2v) is 6.12. The van der Waals surface area contributed by atoms with Gasteiger partial charge in [-0.15, -0.1) is 0 Å². The van der Waals surface area contributed by atoms with Crippen molar-refractivity contribution in [2.24, 2.45) is 0 Å². The van der Waals surface area contributed by atoms with Crippen molar-refractivity contribution in [3.05, 3.63) is 67.9 Å². The topological polar surface area (TPSA) is 12.0 Å². The van der Waals surface area contributed by atoms with E-state index in [4.69, 9.17) is 23.2 Å². The third kappa shape index (κ3) is 3.73. The van der Waals surface area contributed by atoms with Gasteiger partial charge in [-0.2, -0.15) is 0 Å². The number of likely N-dealkylation sites (N-methyl/N-ethyl adjacent to an activating group) is 1. The minimum atomic E-state index is -0.243. The Hall–Kier alpha value is -0.610. The molecule has 0 aliphatic carbocycles. The first kappa shape index (κ1) is 15.8. The Morgan fingerprint density at radius 3 is 2.55 bits per heavy atom. The quantitative estimate of drug-likeness (QED) is 0.753. The summed E-state index contributed by atoms with van der Waals surface area (Å²) in [5.74, 6) is -0.243. The highest BCUT2D eigenvalue weighted by molar-refractivity contribution is 9.10. The molecule has 0 saturated carbocycles. The van der Waals surface area contributed by atoms with Crippen LogP contribution >= 0.6 is 39.1 Å². The van der Waals surface area contributed by atoms with Crippen LogP contribution < -0.4 is 5.32 Å². The van der Waals surface area contributed by atoms with Crippen LogP contribution in [0.1, 0.15) is 17.2 Å². The molecule has 1 N–H and O–H groups in total. The lowest BCUT2D eigenvalue weighted by Crippen LogP contribution is -2.19. The summed E-state index contributed by atoms with van der Waals surface area (Å²) >= 11 is 15.4. The van der Waals surface area contributed by atoms with Crippen molar-refractivity contribution in [2.75, 3.05) is 7.05 Å². The number of hydrogen-bond acceptors (Lipinski definition) is 1. The van der Waals surface area contributed by atoms with Crippen LogP contribution in [0.2, 0.25) is 10.0 Å². The molecule has 106 valence electrons. The lowest BCUT2D eigenvalue weighted by molar-refractivity contribution is 0.583. The molecule has 5 heteroatoms. The summed E-state index contributed by atoms with van der Waals surface area (Å²) in [6.07, 6.45) is 0.646. The maximum Gasteiger partial charge on any atom is 0.123 e. The average molecular weight is 377 g/mol. The second-order valence-electron chi connectivity index (χ2n) is 4.45. The molecule has 0 heterocycles. The fraction of sp³-hybridized carbons (Fsp3) is 0.200. The first-order valence-corrected chi connectivity index (χ1v) is 7.62. The van der Waals surface area contributed by atoms with Crippen LogP contribution in [0.15, 0.2) is 40.9 Å². The summed E-state index contributed by atoms with van der Waals surface area (Å²) in [5, 5.41) is 4.26. The van der Waals surface area contributed by atoms with Gasteiger partial charge in [0.15, 0.2) is 0 Å². The highest BCUT2D eigenvalue weighted by atomic mass is 79.9. The van der Waals surface area contributed by atoms with Crippen molar-refractivity contribution in [1.82, 2.24) is 5.32 Å². The lowest BCUT2D eigenvalue weighted by Gasteiger charge is -2.18. The van der Waals surface area contributed by atoms with E-state index in [1.807, 2.05) is 19.2 Å². The Kier molecular flexibility index (Phi) is 5.44. The van der Waals surface area contributed by atoms with Crippen molar-refractivity contribution in [3.63, 3.8) is 0 Å². The van der Waals surface area contributed by atoms with Crippen LogP contribution in [0, 0.1) is 5.82 Å². The largest absolute Gasteiger partial charge is 0.313 e. The second kappa shape index (κ2) is 6.90. The van der Waals surface area contributed by atoms with Crippen LogP contribution in [0.25, 0.3) is 0 Å². The van der Waals surface area contributed by atoms with Crippen molar-refractivity contribution in [3.8, 4) is 0 Å². The zero-order chi connectivity index (χ0) is 14.7. The van der Waals surface area contributed by atoms with Gasteiger partial charge >= 0.3 is 0 Å². The summed E-state index contributed by atoms with van der Waals surface area (Å²) in [4.78, 5) is 0. The van der Waals surface area contributed by atoms with E-state index >= 15 is 0 Å². The molecule has 2 rings (SSSR count). The van der Waals surface area contributed by atoms with E-state index in [2.05, 4.69) is 21.2 Å². The molecule has 0 fully saturated rings. The molecule has 0 amide bonds. The van der Waals surface area contributed by atoms with Gasteiger partial charge in [0.25, 0.3) is 0 Å². The summed E-state index contributed by atoms with van der Waals surface area (Å²) in [6, 6.07) is 10.2. The molecule has 0 aromatic heterocycles. The third-order valence-electron chi connectivity index (χ3n) is 3.13. The SMILES string of the molecule is CNC(Cc1cc(F)ccc1Br)c1ccc(Cl)c(Cl)c1. The van der Waals surface area contributed by atoms with Gasteiger partial charge in [0.2, 0.25) is 0 Å². The molecule has 2 aromatic carbocycles. The van der Waals surface area contributed by atoms with Gasteiger partial charge in [-0.1, -0.05) is 45.2 Å². The number of benzene rings is 2. The fourth-order valence-electron chi connectivity index (χ4n) is 2.04. The zero-order valence-electron chi connectivity index (χ0n) is 10.8. The van der Waals surface area contributed by atoms with Gasteiger partial charge in [0, 0.05) is 10.5 Å². The van der Waals surface area contributed by atoms with Crippen LogP contribution in [0.4, 0.5) is 4.39 Å². The van der Waals surface area contributed by atoms with Crippen LogP contribution in [0.3, 0.4) is 0 Å². The number of nitrogens with one attached hydrogen (secondary N) is 1. The van der Waals surface area contributed by atoms with Gasteiger partial charge in [-0.3, -0.25) is 0 Å². The van der Waals surface area contributed by atoms with E-state index in [1.165, 1.54) is 12.1 Å². The minimum absolute atomic E-state index is 0.0304. The molecule has 0 aliphatic rings. The highest BCUT2D eigenvalue weighted by Gasteiger charge is 2.14. The van der Waals surface area contributed by atoms with Crippen molar-refractivity contribution in [2.45, 2.75) is 12.5 Å². The third-order valence-corrected chi connectivity index (χ3v) is 4.64. The van der Waals surface area contributed by atoms with E-state index in [0.29, 0.717) is 16.5 Å². The molecular formula is C15H13BrCl2FN. The molecule has 0 aliphatic heterocycles. The Morgan fingerprint density at radius 2 is 1.90 bits per heavy atom. The van der Waals surface area contributed by atoms with Crippen molar-refractivity contribution in [1.29, 1.82) is 0 Å². The fourth-order valence-corrected chi connectivity index (χ4v) is 2.75. The highest BCUT2D eigenvalue weighted by Crippen LogP contribution is 2.29. The smallest absolute Gasteiger partial charge is 0.123 e. The Labute approximate surface area is 136 Å². The molecule has 1 atom stereocenters. The maximum atomic E-state index is 13.3. The van der Waals surface area contributed by atoms with Crippen molar-refractivity contribution < 1.29 is 4.39 Å². The molecule has 20 heavy (non-hydrogen) atoms. The van der Waals surface area contributed by atoms with Gasteiger partial charge in [0.05, 0.1) is 10.0 Å². The van der Waals surface area contributed by atoms with Gasteiger partial charge < -0.3 is 5.32 Å². The molecule has 0 saturated heterocycles. The van der Waals surface area contributed by atoms with E-state index < -0.39 is 0 Å². The van der Waals surface area contributed by atoms with E-state index in [0.717, 1.165) is 15.6 Å². The molecule has 1 nitrogen and oxygen atoms in total. The number of rotatable bonds is 4.